The number of carbonyl (C=O) groups excluding carboxylic acids is 1. The summed E-state index contributed by atoms with van der Waals surface area (Å²) in [6, 6.07) is 5.96. The number of aromatic nitrogens is 4. The van der Waals surface area contributed by atoms with E-state index in [0.29, 0.717) is 34.8 Å². The van der Waals surface area contributed by atoms with Gasteiger partial charge in [0.25, 0.3) is 0 Å². The molecule has 0 radical (unpaired) electrons. The summed E-state index contributed by atoms with van der Waals surface area (Å²) in [4.78, 5) is 38.3. The molecule has 8 heteroatoms. The summed E-state index contributed by atoms with van der Waals surface area (Å²) in [5.74, 6) is 0.159. The van der Waals surface area contributed by atoms with E-state index >= 15 is 0 Å². The molecule has 27 heavy (non-hydrogen) atoms. The van der Waals surface area contributed by atoms with Crippen molar-refractivity contribution in [1.82, 2.24) is 24.4 Å². The van der Waals surface area contributed by atoms with E-state index in [4.69, 9.17) is 0 Å². The monoisotopic (exact) mass is 369 g/mol. The smallest absolute Gasteiger partial charge is 0.340 e. The van der Waals surface area contributed by atoms with E-state index < -0.39 is 5.69 Å². The van der Waals surface area contributed by atoms with Gasteiger partial charge in [0.15, 0.2) is 0 Å². The van der Waals surface area contributed by atoms with Crippen molar-refractivity contribution >= 4 is 16.9 Å². The van der Waals surface area contributed by atoms with Gasteiger partial charge < -0.3 is 9.88 Å². The predicted octanol–water partition coefficient (Wildman–Crippen LogP) is 2.24. The van der Waals surface area contributed by atoms with Crippen LogP contribution in [0.1, 0.15) is 36.1 Å². The molecule has 3 heterocycles. The lowest BCUT2D eigenvalue weighted by molar-refractivity contribution is -0.133. The van der Waals surface area contributed by atoms with Crippen LogP contribution in [0.3, 0.4) is 0 Å². The molecule has 3 aromatic rings. The molecule has 1 aliphatic heterocycles. The van der Waals surface area contributed by atoms with Gasteiger partial charge in [-0.25, -0.2) is 14.2 Å². The summed E-state index contributed by atoms with van der Waals surface area (Å²) >= 11 is 0. The fraction of sp³-hybridized carbons (Fsp3) is 0.368. The number of nitrogens with zero attached hydrogens (tertiary/aromatic N) is 4. The zero-order valence-corrected chi connectivity index (χ0v) is 15.2. The molecule has 1 fully saturated rings. The van der Waals surface area contributed by atoms with Crippen molar-refractivity contribution in [3.05, 3.63) is 57.8 Å². The van der Waals surface area contributed by atoms with Crippen LogP contribution < -0.4 is 5.69 Å². The van der Waals surface area contributed by atoms with Crippen molar-refractivity contribution in [3.8, 4) is 0 Å². The highest BCUT2D eigenvalue weighted by molar-refractivity contribution is 5.78. The summed E-state index contributed by atoms with van der Waals surface area (Å²) < 4.78 is 14.8. The number of fused-ring (bicyclic) bond motifs is 1. The Morgan fingerprint density at radius 1 is 1.30 bits per heavy atom. The van der Waals surface area contributed by atoms with Crippen LogP contribution >= 0.6 is 0 Å². The number of hydrogen-bond acceptors (Lipinski definition) is 4. The number of hydrogen-bond donors (Lipinski definition) is 1. The molecule has 0 unspecified atom stereocenters. The average Bonchev–Trinajstić information content (AvgIpc) is 3.23. The third-order valence-electron chi connectivity index (χ3n) is 4.99. The van der Waals surface area contributed by atoms with E-state index in [0.717, 1.165) is 12.8 Å². The quantitative estimate of drug-likeness (QED) is 0.767. The third-order valence-corrected chi connectivity index (χ3v) is 4.99. The molecule has 0 saturated carbocycles. The number of nitrogens with one attached hydrogen (secondary N) is 1. The van der Waals surface area contributed by atoms with Crippen molar-refractivity contribution < 1.29 is 9.18 Å². The Labute approximate surface area is 154 Å². The van der Waals surface area contributed by atoms with Crippen LogP contribution in [0, 0.1) is 19.7 Å². The molecule has 7 nitrogen and oxygen atoms in total. The molecule has 0 spiro atoms. The second-order valence-electron chi connectivity index (χ2n) is 6.94. The number of aromatic amines is 1. The fourth-order valence-electron chi connectivity index (χ4n) is 3.70. The van der Waals surface area contributed by atoms with Gasteiger partial charge in [-0.2, -0.15) is 4.98 Å². The van der Waals surface area contributed by atoms with Crippen LogP contribution in [-0.2, 0) is 11.3 Å². The molecule has 140 valence electrons. The number of H-pyrrole nitrogens is 1. The number of carbonyl (C=O) groups is 1. The highest BCUT2D eigenvalue weighted by Gasteiger charge is 2.32. The summed E-state index contributed by atoms with van der Waals surface area (Å²) in [6.45, 7) is 4.09. The highest BCUT2D eigenvalue weighted by atomic mass is 19.1. The first kappa shape index (κ1) is 17.4. The van der Waals surface area contributed by atoms with Gasteiger partial charge in [0, 0.05) is 17.9 Å². The van der Waals surface area contributed by atoms with Crippen LogP contribution in [0.25, 0.3) is 11.0 Å². The molecule has 2 aromatic heterocycles. The lowest BCUT2D eigenvalue weighted by Crippen LogP contribution is -2.37. The number of likely N-dealkylation sites (tertiary alicyclic amines) is 1. The van der Waals surface area contributed by atoms with E-state index in [1.807, 2.05) is 0 Å². The van der Waals surface area contributed by atoms with Crippen LogP contribution in [-0.4, -0.2) is 36.9 Å². The Balaban J connectivity index is 1.61. The second-order valence-corrected chi connectivity index (χ2v) is 6.94. The molecule has 1 N–H and O–H groups in total. The molecule has 1 amide bonds. The van der Waals surface area contributed by atoms with Gasteiger partial charge in [-0.15, -0.1) is 0 Å². The minimum Gasteiger partial charge on any atom is -0.340 e. The summed E-state index contributed by atoms with van der Waals surface area (Å²) in [6.07, 6.45) is 1.62. The molecule has 4 rings (SSSR count). The highest BCUT2D eigenvalue weighted by Crippen LogP contribution is 2.31. The van der Waals surface area contributed by atoms with Crippen LogP contribution in [0.2, 0.25) is 0 Å². The van der Waals surface area contributed by atoms with Gasteiger partial charge >= 0.3 is 5.69 Å². The van der Waals surface area contributed by atoms with Crippen molar-refractivity contribution in [2.24, 2.45) is 0 Å². The first-order valence-corrected chi connectivity index (χ1v) is 8.92. The molecular weight excluding hydrogens is 349 g/mol. The zero-order chi connectivity index (χ0) is 19.1. The minimum atomic E-state index is -0.421. The lowest BCUT2D eigenvalue weighted by atomic mass is 10.2. The lowest BCUT2D eigenvalue weighted by Gasteiger charge is -2.24. The van der Waals surface area contributed by atoms with Crippen molar-refractivity contribution in [1.29, 1.82) is 0 Å². The van der Waals surface area contributed by atoms with Crippen LogP contribution in [0.4, 0.5) is 4.39 Å². The summed E-state index contributed by atoms with van der Waals surface area (Å²) in [5, 5.41) is 0. The van der Waals surface area contributed by atoms with Gasteiger partial charge in [-0.1, -0.05) is 0 Å². The predicted molar refractivity (Wildman–Crippen MR) is 97.7 cm³/mol. The Hall–Kier alpha value is -3.03. The summed E-state index contributed by atoms with van der Waals surface area (Å²) in [5.41, 5.74) is 2.20. The van der Waals surface area contributed by atoms with Gasteiger partial charge in [-0.3, -0.25) is 9.36 Å². The Bertz CT molecular complexity index is 1090. The van der Waals surface area contributed by atoms with E-state index in [1.54, 1.807) is 30.9 Å². The molecule has 0 bridgehead atoms. The first-order chi connectivity index (χ1) is 12.9. The van der Waals surface area contributed by atoms with Gasteiger partial charge in [0.1, 0.15) is 18.2 Å². The Morgan fingerprint density at radius 2 is 2.11 bits per heavy atom. The Kier molecular flexibility index (Phi) is 4.25. The molecular formula is C19H20FN5O2. The normalized spacial score (nSPS) is 17.0. The molecule has 1 saturated heterocycles. The third kappa shape index (κ3) is 3.22. The van der Waals surface area contributed by atoms with Crippen molar-refractivity contribution in [2.45, 2.75) is 39.3 Å². The van der Waals surface area contributed by atoms with E-state index in [9.17, 15) is 14.0 Å². The largest absolute Gasteiger partial charge is 0.348 e. The SMILES string of the molecule is Cc1cc(C)n(CC(=O)N2CCC[C@H]2c2nc3ccc(F)cc3[nH]2)c(=O)n1. The van der Waals surface area contributed by atoms with Gasteiger partial charge in [-0.05, 0) is 51.0 Å². The molecule has 0 aliphatic carbocycles. The van der Waals surface area contributed by atoms with Gasteiger partial charge in [0.05, 0.1) is 17.1 Å². The topological polar surface area (TPSA) is 83.9 Å². The van der Waals surface area contributed by atoms with Gasteiger partial charge in [0.2, 0.25) is 5.91 Å². The molecule has 1 aromatic carbocycles. The maximum Gasteiger partial charge on any atom is 0.348 e. The Morgan fingerprint density at radius 3 is 2.89 bits per heavy atom. The molecule has 1 aliphatic rings. The van der Waals surface area contributed by atoms with Crippen molar-refractivity contribution in [2.75, 3.05) is 6.54 Å². The zero-order valence-electron chi connectivity index (χ0n) is 15.2. The maximum atomic E-state index is 13.4. The standard InChI is InChI=1S/C19H20FN5O2/c1-11-8-12(2)25(19(27)21-11)10-17(26)24-7-3-4-16(24)18-22-14-6-5-13(20)9-15(14)23-18/h5-6,8-9,16H,3-4,7,10H2,1-2H3,(H,22,23)/t16-/m0/s1. The number of benzene rings is 1. The average molecular weight is 369 g/mol. The number of imidazole rings is 1. The summed E-state index contributed by atoms with van der Waals surface area (Å²) in [7, 11) is 0. The van der Waals surface area contributed by atoms with Crippen molar-refractivity contribution in [3.63, 3.8) is 0 Å². The first-order valence-electron chi connectivity index (χ1n) is 8.92. The second kappa shape index (κ2) is 6.61. The van der Waals surface area contributed by atoms with Crippen LogP contribution in [0.15, 0.2) is 29.1 Å². The number of halogens is 1. The molecule has 1 atom stereocenters. The minimum absolute atomic E-state index is 0.0523. The van der Waals surface area contributed by atoms with E-state index in [-0.39, 0.29) is 24.3 Å². The fourth-order valence-corrected chi connectivity index (χ4v) is 3.70. The van der Waals surface area contributed by atoms with Crippen LogP contribution in [0.5, 0.6) is 0 Å². The number of amides is 1. The number of rotatable bonds is 3. The van der Waals surface area contributed by atoms with E-state index in [2.05, 4.69) is 15.0 Å². The van der Waals surface area contributed by atoms with E-state index in [1.165, 1.54) is 16.7 Å². The number of aryl methyl sites for hydroxylation is 2. The maximum absolute atomic E-state index is 13.4.